The van der Waals surface area contributed by atoms with E-state index < -0.39 is 0 Å². The van der Waals surface area contributed by atoms with Crippen LogP contribution in [-0.4, -0.2) is 66.2 Å². The number of anilines is 1. The Morgan fingerprint density at radius 2 is 1.66 bits per heavy atom. The van der Waals surface area contributed by atoms with Crippen molar-refractivity contribution >= 4 is 24.0 Å². The van der Waals surface area contributed by atoms with Crippen molar-refractivity contribution in [1.82, 2.24) is 15.0 Å². The SMILES string of the molecule is CC(C)N1CCN(C(=O)C2CCN(c3ccc(-c4ccno4)cc3)CC2)CC1.Cl. The fraction of sp³-hybridized carbons (Fsp3) is 0.545. The molecule has 4 rings (SSSR count). The Hall–Kier alpha value is -2.05. The number of hydrogen-bond acceptors (Lipinski definition) is 5. The number of amides is 1. The molecule has 6 nitrogen and oxygen atoms in total. The minimum atomic E-state index is 0. The van der Waals surface area contributed by atoms with Crippen molar-refractivity contribution < 1.29 is 9.32 Å². The summed E-state index contributed by atoms with van der Waals surface area (Å²) in [5, 5.41) is 3.76. The minimum absolute atomic E-state index is 0. The molecule has 1 aromatic carbocycles. The zero-order valence-electron chi connectivity index (χ0n) is 17.3. The smallest absolute Gasteiger partial charge is 0.225 e. The fourth-order valence-corrected chi connectivity index (χ4v) is 4.30. The molecule has 7 heteroatoms. The number of rotatable bonds is 4. The van der Waals surface area contributed by atoms with Gasteiger partial charge in [-0.05, 0) is 51.0 Å². The summed E-state index contributed by atoms with van der Waals surface area (Å²) >= 11 is 0. The Labute approximate surface area is 179 Å². The normalized spacial score (nSPS) is 18.7. The standard InChI is InChI=1S/C22H30N4O2.ClH/c1-17(2)24-13-15-26(16-14-24)22(27)19-8-11-25(12-9-19)20-5-3-18(4-6-20)21-7-10-23-28-21;/h3-7,10,17,19H,8-9,11-16H2,1-2H3;1H. The van der Waals surface area contributed by atoms with E-state index in [0.717, 1.165) is 63.4 Å². The summed E-state index contributed by atoms with van der Waals surface area (Å²) in [7, 11) is 0. The summed E-state index contributed by atoms with van der Waals surface area (Å²) in [4.78, 5) is 19.8. The molecular weight excluding hydrogens is 388 g/mol. The lowest BCUT2D eigenvalue weighted by atomic mass is 9.94. The highest BCUT2D eigenvalue weighted by molar-refractivity contribution is 5.85. The number of carbonyl (C=O) groups excluding carboxylic acids is 1. The zero-order valence-corrected chi connectivity index (χ0v) is 18.1. The Bertz CT molecular complexity index is 763. The number of nitrogens with zero attached hydrogens (tertiary/aromatic N) is 4. The van der Waals surface area contributed by atoms with Gasteiger partial charge < -0.3 is 14.3 Å². The Morgan fingerprint density at radius 3 is 2.21 bits per heavy atom. The highest BCUT2D eigenvalue weighted by Gasteiger charge is 2.30. The maximum Gasteiger partial charge on any atom is 0.225 e. The Morgan fingerprint density at radius 1 is 1.00 bits per heavy atom. The highest BCUT2D eigenvalue weighted by Crippen LogP contribution is 2.27. The Kier molecular flexibility index (Phi) is 7.19. The van der Waals surface area contributed by atoms with Crippen molar-refractivity contribution in [1.29, 1.82) is 0 Å². The average Bonchev–Trinajstić information content (AvgIpc) is 3.28. The molecule has 2 fully saturated rings. The molecule has 2 aliphatic heterocycles. The first-order chi connectivity index (χ1) is 13.6. The topological polar surface area (TPSA) is 52.8 Å². The lowest BCUT2D eigenvalue weighted by Gasteiger charge is -2.40. The first kappa shape index (κ1) is 21.7. The number of hydrogen-bond donors (Lipinski definition) is 0. The van der Waals surface area contributed by atoms with E-state index in [1.807, 2.05) is 6.07 Å². The molecule has 1 amide bonds. The summed E-state index contributed by atoms with van der Waals surface area (Å²) in [6, 6.07) is 10.8. The molecule has 0 N–H and O–H groups in total. The molecule has 2 aliphatic rings. The van der Waals surface area contributed by atoms with Crippen molar-refractivity contribution in [2.75, 3.05) is 44.2 Å². The van der Waals surface area contributed by atoms with Crippen LogP contribution >= 0.6 is 12.4 Å². The first-order valence-electron chi connectivity index (χ1n) is 10.4. The third-order valence-corrected chi connectivity index (χ3v) is 6.16. The van der Waals surface area contributed by atoms with Gasteiger partial charge in [-0.1, -0.05) is 5.16 Å². The molecular formula is C22H31ClN4O2. The van der Waals surface area contributed by atoms with Gasteiger partial charge in [0.1, 0.15) is 0 Å². The molecule has 0 spiro atoms. The van der Waals surface area contributed by atoms with Gasteiger partial charge in [-0.25, -0.2) is 0 Å². The van der Waals surface area contributed by atoms with E-state index in [1.54, 1.807) is 6.20 Å². The van der Waals surface area contributed by atoms with Gasteiger partial charge in [0.05, 0.1) is 6.20 Å². The van der Waals surface area contributed by atoms with Crippen LogP contribution in [0, 0.1) is 5.92 Å². The largest absolute Gasteiger partial charge is 0.371 e. The predicted molar refractivity (Wildman–Crippen MR) is 117 cm³/mol. The van der Waals surface area contributed by atoms with Gasteiger partial charge >= 0.3 is 0 Å². The van der Waals surface area contributed by atoms with Crippen LogP contribution in [0.5, 0.6) is 0 Å². The second-order valence-electron chi connectivity index (χ2n) is 8.14. The lowest BCUT2D eigenvalue weighted by molar-refractivity contribution is -0.138. The quantitative estimate of drug-likeness (QED) is 0.760. The minimum Gasteiger partial charge on any atom is -0.371 e. The van der Waals surface area contributed by atoms with Gasteiger partial charge in [-0.3, -0.25) is 9.69 Å². The van der Waals surface area contributed by atoms with Crippen molar-refractivity contribution in [3.8, 4) is 11.3 Å². The molecule has 0 atom stereocenters. The number of carbonyl (C=O) groups is 1. The van der Waals surface area contributed by atoms with Crippen molar-refractivity contribution in [3.63, 3.8) is 0 Å². The molecule has 0 radical (unpaired) electrons. The molecule has 3 heterocycles. The second kappa shape index (κ2) is 9.63. The molecule has 1 aromatic heterocycles. The number of benzene rings is 1. The van der Waals surface area contributed by atoms with E-state index in [0.29, 0.717) is 11.9 Å². The summed E-state index contributed by atoms with van der Waals surface area (Å²) in [6.07, 6.45) is 3.54. The zero-order chi connectivity index (χ0) is 19.5. The van der Waals surface area contributed by atoms with E-state index in [-0.39, 0.29) is 18.3 Å². The number of aromatic nitrogens is 1. The van der Waals surface area contributed by atoms with Crippen LogP contribution in [0.3, 0.4) is 0 Å². The maximum atomic E-state index is 12.9. The van der Waals surface area contributed by atoms with E-state index in [9.17, 15) is 4.79 Å². The van der Waals surface area contributed by atoms with Gasteiger partial charge in [0, 0.05) is 68.5 Å². The van der Waals surface area contributed by atoms with Gasteiger partial charge in [-0.15, -0.1) is 12.4 Å². The maximum absolute atomic E-state index is 12.9. The van der Waals surface area contributed by atoms with Gasteiger partial charge in [0.2, 0.25) is 5.91 Å². The monoisotopic (exact) mass is 418 g/mol. The van der Waals surface area contributed by atoms with Crippen LogP contribution in [-0.2, 0) is 4.79 Å². The molecule has 2 saturated heterocycles. The van der Waals surface area contributed by atoms with E-state index in [4.69, 9.17) is 4.52 Å². The third-order valence-electron chi connectivity index (χ3n) is 6.16. The van der Waals surface area contributed by atoms with Gasteiger partial charge in [0.25, 0.3) is 0 Å². The fourth-order valence-electron chi connectivity index (χ4n) is 4.30. The van der Waals surface area contributed by atoms with Crippen molar-refractivity contribution in [3.05, 3.63) is 36.5 Å². The highest BCUT2D eigenvalue weighted by atomic mass is 35.5. The van der Waals surface area contributed by atoms with Crippen LogP contribution < -0.4 is 4.90 Å². The van der Waals surface area contributed by atoms with E-state index in [1.165, 1.54) is 5.69 Å². The van der Waals surface area contributed by atoms with Crippen LogP contribution in [0.25, 0.3) is 11.3 Å². The van der Waals surface area contributed by atoms with Crippen molar-refractivity contribution in [2.45, 2.75) is 32.7 Å². The van der Waals surface area contributed by atoms with Crippen LogP contribution in [0.4, 0.5) is 5.69 Å². The summed E-state index contributed by atoms with van der Waals surface area (Å²) < 4.78 is 5.21. The summed E-state index contributed by atoms with van der Waals surface area (Å²) in [5.41, 5.74) is 2.24. The second-order valence-corrected chi connectivity index (χ2v) is 8.14. The molecule has 158 valence electrons. The molecule has 0 saturated carbocycles. The molecule has 0 aliphatic carbocycles. The summed E-state index contributed by atoms with van der Waals surface area (Å²) in [6.45, 7) is 10.1. The Balaban J connectivity index is 0.00000240. The van der Waals surface area contributed by atoms with E-state index in [2.05, 4.69) is 58.0 Å². The van der Waals surface area contributed by atoms with Crippen LogP contribution in [0.2, 0.25) is 0 Å². The molecule has 0 unspecified atom stereocenters. The molecule has 29 heavy (non-hydrogen) atoms. The van der Waals surface area contributed by atoms with Gasteiger partial charge in [-0.2, -0.15) is 0 Å². The molecule has 2 aromatic rings. The predicted octanol–water partition coefficient (Wildman–Crippen LogP) is 3.53. The summed E-state index contributed by atoms with van der Waals surface area (Å²) in [5.74, 6) is 1.33. The van der Waals surface area contributed by atoms with Crippen LogP contribution in [0.1, 0.15) is 26.7 Å². The first-order valence-corrected chi connectivity index (χ1v) is 10.4. The number of piperidine rings is 1. The average molecular weight is 419 g/mol. The van der Waals surface area contributed by atoms with Crippen molar-refractivity contribution in [2.24, 2.45) is 5.92 Å². The van der Waals surface area contributed by atoms with E-state index >= 15 is 0 Å². The molecule has 0 bridgehead atoms. The number of halogens is 1. The van der Waals surface area contributed by atoms with Crippen LogP contribution in [0.15, 0.2) is 41.1 Å². The van der Waals surface area contributed by atoms with Gasteiger partial charge in [0.15, 0.2) is 5.76 Å². The lowest BCUT2D eigenvalue weighted by Crippen LogP contribution is -2.53. The third kappa shape index (κ3) is 4.93. The number of piperazine rings is 1.